The molecule has 90 valence electrons. The molecule has 0 aliphatic heterocycles. The average molecular weight is 263 g/mol. The lowest BCUT2D eigenvalue weighted by molar-refractivity contribution is -0.914. The Morgan fingerprint density at radius 1 is 1.19 bits per heavy atom. The lowest BCUT2D eigenvalue weighted by Gasteiger charge is -2.19. The fourth-order valence-corrected chi connectivity index (χ4v) is 2.30. The molecular formula is C12H18Cl2NO+. The third kappa shape index (κ3) is 3.95. The van der Waals surface area contributed by atoms with Crippen molar-refractivity contribution in [3.05, 3.63) is 33.8 Å². The highest BCUT2D eigenvalue weighted by Crippen LogP contribution is 2.23. The fourth-order valence-electron chi connectivity index (χ4n) is 1.76. The third-order valence-electron chi connectivity index (χ3n) is 2.56. The first-order valence-electron chi connectivity index (χ1n) is 5.56. The minimum Gasteiger partial charge on any atom is -0.391 e. The highest BCUT2D eigenvalue weighted by molar-refractivity contribution is 6.35. The number of nitrogens with one attached hydrogen (secondary N) is 1. The van der Waals surface area contributed by atoms with E-state index >= 15 is 0 Å². The Kier molecular flexibility index (Phi) is 6.14. The summed E-state index contributed by atoms with van der Waals surface area (Å²) in [4.78, 5) is 1.31. The molecule has 1 atom stereocenters. The summed E-state index contributed by atoms with van der Waals surface area (Å²) in [6.45, 7) is 4.84. The largest absolute Gasteiger partial charge is 0.391 e. The fraction of sp³-hybridized carbons (Fsp3) is 0.500. The van der Waals surface area contributed by atoms with E-state index in [1.54, 1.807) is 0 Å². The Hall–Kier alpha value is -0.280. The van der Waals surface area contributed by atoms with Crippen LogP contribution in [0.25, 0.3) is 0 Å². The van der Waals surface area contributed by atoms with E-state index in [0.717, 1.165) is 31.6 Å². The van der Waals surface area contributed by atoms with Gasteiger partial charge >= 0.3 is 0 Å². The van der Waals surface area contributed by atoms with Crippen molar-refractivity contribution in [3.8, 4) is 0 Å². The molecule has 1 unspecified atom stereocenters. The number of quaternary nitrogens is 1. The maximum absolute atomic E-state index is 8.99. The zero-order valence-electron chi connectivity index (χ0n) is 9.47. The minimum absolute atomic E-state index is 0.192. The summed E-state index contributed by atoms with van der Waals surface area (Å²) in [7, 11) is 0. The van der Waals surface area contributed by atoms with E-state index in [-0.39, 0.29) is 6.61 Å². The molecule has 1 rings (SSSR count). The standard InChI is InChI=1S/C12H17Cl2NO/c1-2-6-15(7-8-16)9-10-11(13)4-3-5-12(10)14/h3-5,16H,2,6-9H2,1H3/p+1. The Balaban J connectivity index is 2.76. The van der Waals surface area contributed by atoms with E-state index in [4.69, 9.17) is 28.3 Å². The highest BCUT2D eigenvalue weighted by Gasteiger charge is 2.13. The number of hydrogen-bond acceptors (Lipinski definition) is 1. The SMILES string of the molecule is CCC[NH+](CCO)Cc1c(Cl)cccc1Cl. The van der Waals surface area contributed by atoms with Gasteiger partial charge in [-0.15, -0.1) is 0 Å². The Labute approximate surface area is 107 Å². The predicted octanol–water partition coefficient (Wildman–Crippen LogP) is 1.78. The smallest absolute Gasteiger partial charge is 0.106 e. The molecule has 0 aliphatic carbocycles. The van der Waals surface area contributed by atoms with Crippen LogP contribution >= 0.6 is 23.2 Å². The molecule has 0 saturated heterocycles. The lowest BCUT2D eigenvalue weighted by atomic mass is 10.2. The molecule has 0 fully saturated rings. The maximum Gasteiger partial charge on any atom is 0.106 e. The van der Waals surface area contributed by atoms with Crippen LogP contribution in [-0.4, -0.2) is 24.8 Å². The van der Waals surface area contributed by atoms with E-state index in [2.05, 4.69) is 6.92 Å². The first-order valence-corrected chi connectivity index (χ1v) is 6.32. The molecule has 1 aromatic rings. The number of aliphatic hydroxyl groups is 1. The van der Waals surface area contributed by atoms with Crippen molar-refractivity contribution in [1.82, 2.24) is 0 Å². The van der Waals surface area contributed by atoms with Crippen LogP contribution in [0.4, 0.5) is 0 Å². The van der Waals surface area contributed by atoms with Crippen LogP contribution in [0.3, 0.4) is 0 Å². The zero-order valence-corrected chi connectivity index (χ0v) is 11.0. The van der Waals surface area contributed by atoms with Crippen molar-refractivity contribution in [3.63, 3.8) is 0 Å². The molecular weight excluding hydrogens is 245 g/mol. The Morgan fingerprint density at radius 2 is 1.81 bits per heavy atom. The molecule has 0 heterocycles. The number of halogens is 2. The van der Waals surface area contributed by atoms with Gasteiger partial charge in [-0.05, 0) is 18.6 Å². The normalized spacial score (nSPS) is 12.8. The molecule has 0 spiro atoms. The number of aliphatic hydroxyl groups excluding tert-OH is 1. The first-order chi connectivity index (χ1) is 7.69. The number of benzene rings is 1. The van der Waals surface area contributed by atoms with Gasteiger partial charge in [0.15, 0.2) is 0 Å². The quantitative estimate of drug-likeness (QED) is 0.803. The topological polar surface area (TPSA) is 24.7 Å². The van der Waals surface area contributed by atoms with E-state index in [1.165, 1.54) is 4.90 Å². The Bertz CT molecular complexity index is 305. The molecule has 0 radical (unpaired) electrons. The highest BCUT2D eigenvalue weighted by atomic mass is 35.5. The zero-order chi connectivity index (χ0) is 12.0. The molecule has 0 aliphatic rings. The van der Waals surface area contributed by atoms with Gasteiger partial charge in [-0.2, -0.15) is 0 Å². The summed E-state index contributed by atoms with van der Waals surface area (Å²) in [6.07, 6.45) is 1.08. The van der Waals surface area contributed by atoms with Gasteiger partial charge in [0, 0.05) is 5.56 Å². The van der Waals surface area contributed by atoms with Crippen LogP contribution in [0, 0.1) is 0 Å². The van der Waals surface area contributed by atoms with Crippen LogP contribution in [0.1, 0.15) is 18.9 Å². The van der Waals surface area contributed by atoms with E-state index in [0.29, 0.717) is 10.0 Å². The van der Waals surface area contributed by atoms with Gasteiger partial charge in [0.2, 0.25) is 0 Å². The van der Waals surface area contributed by atoms with Gasteiger partial charge in [-0.3, -0.25) is 0 Å². The van der Waals surface area contributed by atoms with Crippen LogP contribution in [0.15, 0.2) is 18.2 Å². The Morgan fingerprint density at radius 3 is 2.31 bits per heavy atom. The second-order valence-corrected chi connectivity index (χ2v) is 4.66. The van der Waals surface area contributed by atoms with Gasteiger partial charge in [0.1, 0.15) is 13.1 Å². The number of hydrogen-bond donors (Lipinski definition) is 2. The van der Waals surface area contributed by atoms with Crippen molar-refractivity contribution >= 4 is 23.2 Å². The van der Waals surface area contributed by atoms with Crippen molar-refractivity contribution < 1.29 is 10.0 Å². The van der Waals surface area contributed by atoms with Crippen LogP contribution in [0.2, 0.25) is 10.0 Å². The lowest BCUT2D eigenvalue weighted by Crippen LogP contribution is -3.11. The monoisotopic (exact) mass is 262 g/mol. The summed E-state index contributed by atoms with van der Waals surface area (Å²) in [5.74, 6) is 0. The predicted molar refractivity (Wildman–Crippen MR) is 68.2 cm³/mol. The van der Waals surface area contributed by atoms with E-state index < -0.39 is 0 Å². The molecule has 0 amide bonds. The summed E-state index contributed by atoms with van der Waals surface area (Å²) in [5, 5.41) is 10.4. The third-order valence-corrected chi connectivity index (χ3v) is 3.27. The van der Waals surface area contributed by atoms with Crippen LogP contribution < -0.4 is 4.90 Å². The van der Waals surface area contributed by atoms with Gasteiger partial charge in [0.05, 0.1) is 23.2 Å². The van der Waals surface area contributed by atoms with Crippen molar-refractivity contribution in [2.45, 2.75) is 19.9 Å². The molecule has 0 saturated carbocycles. The minimum atomic E-state index is 0.192. The van der Waals surface area contributed by atoms with Crippen molar-refractivity contribution in [1.29, 1.82) is 0 Å². The van der Waals surface area contributed by atoms with E-state index in [1.807, 2.05) is 18.2 Å². The average Bonchev–Trinajstić information content (AvgIpc) is 2.24. The molecule has 2 N–H and O–H groups in total. The molecule has 0 aromatic heterocycles. The van der Waals surface area contributed by atoms with Gasteiger partial charge < -0.3 is 10.0 Å². The van der Waals surface area contributed by atoms with Gasteiger partial charge in [-0.1, -0.05) is 36.2 Å². The molecule has 0 bridgehead atoms. The van der Waals surface area contributed by atoms with Crippen molar-refractivity contribution in [2.75, 3.05) is 19.7 Å². The second-order valence-electron chi connectivity index (χ2n) is 3.85. The molecule has 2 nitrogen and oxygen atoms in total. The first kappa shape index (κ1) is 13.8. The van der Waals surface area contributed by atoms with Crippen molar-refractivity contribution in [2.24, 2.45) is 0 Å². The molecule has 16 heavy (non-hydrogen) atoms. The van der Waals surface area contributed by atoms with Gasteiger partial charge in [0.25, 0.3) is 0 Å². The second kappa shape index (κ2) is 7.13. The maximum atomic E-state index is 8.99. The summed E-state index contributed by atoms with van der Waals surface area (Å²) in [6, 6.07) is 5.55. The summed E-state index contributed by atoms with van der Waals surface area (Å²) in [5.41, 5.74) is 0.975. The number of rotatable bonds is 6. The molecule has 4 heteroatoms. The van der Waals surface area contributed by atoms with Gasteiger partial charge in [-0.25, -0.2) is 0 Å². The van der Waals surface area contributed by atoms with E-state index in [9.17, 15) is 0 Å². The molecule has 1 aromatic carbocycles. The van der Waals surface area contributed by atoms with Crippen LogP contribution in [0.5, 0.6) is 0 Å². The van der Waals surface area contributed by atoms with Crippen LogP contribution in [-0.2, 0) is 6.54 Å². The summed E-state index contributed by atoms with van der Waals surface area (Å²) < 4.78 is 0. The summed E-state index contributed by atoms with van der Waals surface area (Å²) >= 11 is 12.2.